The van der Waals surface area contributed by atoms with Gasteiger partial charge in [-0.05, 0) is 49.2 Å². The SMILES string of the molecule is CC(=O)N(c1ccc(C)c(C)c1)c1nc(COC(=O)c2cc3ccccc3[nH]2)cs1. The summed E-state index contributed by atoms with van der Waals surface area (Å²) in [5.41, 5.74) is 4.89. The van der Waals surface area contributed by atoms with Crippen LogP contribution in [0.5, 0.6) is 0 Å². The summed E-state index contributed by atoms with van der Waals surface area (Å²) in [6, 6.07) is 15.3. The number of hydrogen-bond donors (Lipinski definition) is 1. The van der Waals surface area contributed by atoms with Crippen molar-refractivity contribution in [2.45, 2.75) is 27.4 Å². The summed E-state index contributed by atoms with van der Waals surface area (Å²) < 4.78 is 5.41. The van der Waals surface area contributed by atoms with Gasteiger partial charge in [-0.15, -0.1) is 11.3 Å². The minimum absolute atomic E-state index is 0.0311. The molecule has 0 spiro atoms. The number of aryl methyl sites for hydroxylation is 2. The van der Waals surface area contributed by atoms with Crippen LogP contribution in [0.2, 0.25) is 0 Å². The summed E-state index contributed by atoms with van der Waals surface area (Å²) in [4.78, 5) is 33.8. The standard InChI is InChI=1S/C23H21N3O3S/c1-14-8-9-19(10-15(14)2)26(16(3)27)23-24-18(13-30-23)12-29-22(28)21-11-17-6-4-5-7-20(17)25-21/h4-11,13,25H,12H2,1-3H3. The monoisotopic (exact) mass is 419 g/mol. The van der Waals surface area contributed by atoms with E-state index in [-0.39, 0.29) is 12.5 Å². The van der Waals surface area contributed by atoms with Crippen molar-refractivity contribution in [3.63, 3.8) is 0 Å². The first-order valence-electron chi connectivity index (χ1n) is 9.49. The van der Waals surface area contributed by atoms with Crippen molar-refractivity contribution < 1.29 is 14.3 Å². The van der Waals surface area contributed by atoms with E-state index in [1.165, 1.54) is 18.3 Å². The lowest BCUT2D eigenvalue weighted by atomic mass is 10.1. The second-order valence-electron chi connectivity index (χ2n) is 7.09. The molecule has 6 nitrogen and oxygen atoms in total. The number of aromatic amines is 1. The molecule has 0 aliphatic heterocycles. The van der Waals surface area contributed by atoms with Crippen LogP contribution in [0.4, 0.5) is 10.8 Å². The van der Waals surface area contributed by atoms with Crippen LogP contribution < -0.4 is 4.90 Å². The third-order valence-electron chi connectivity index (χ3n) is 4.90. The number of nitrogens with zero attached hydrogens (tertiary/aromatic N) is 2. The first kappa shape index (κ1) is 19.8. The highest BCUT2D eigenvalue weighted by molar-refractivity contribution is 7.14. The number of carbonyl (C=O) groups is 2. The number of hydrogen-bond acceptors (Lipinski definition) is 5. The second-order valence-corrected chi connectivity index (χ2v) is 7.93. The Bertz CT molecular complexity index is 1210. The van der Waals surface area contributed by atoms with Crippen molar-refractivity contribution in [2.24, 2.45) is 0 Å². The minimum Gasteiger partial charge on any atom is -0.454 e. The number of H-pyrrole nitrogens is 1. The van der Waals surface area contributed by atoms with Gasteiger partial charge in [-0.25, -0.2) is 9.78 Å². The molecule has 0 unspecified atom stereocenters. The Morgan fingerprint density at radius 2 is 1.90 bits per heavy atom. The second kappa shape index (κ2) is 8.12. The number of para-hydroxylation sites is 1. The summed E-state index contributed by atoms with van der Waals surface area (Å²) in [6.07, 6.45) is 0. The number of thiazole rings is 1. The normalized spacial score (nSPS) is 10.9. The molecule has 30 heavy (non-hydrogen) atoms. The highest BCUT2D eigenvalue weighted by Gasteiger charge is 2.19. The molecule has 0 saturated carbocycles. The molecule has 152 valence electrons. The Morgan fingerprint density at radius 1 is 1.10 bits per heavy atom. The topological polar surface area (TPSA) is 75.3 Å². The highest BCUT2D eigenvalue weighted by Crippen LogP contribution is 2.30. The van der Waals surface area contributed by atoms with Gasteiger partial charge in [-0.1, -0.05) is 24.3 Å². The van der Waals surface area contributed by atoms with Crippen LogP contribution in [-0.4, -0.2) is 21.8 Å². The van der Waals surface area contributed by atoms with Gasteiger partial charge < -0.3 is 9.72 Å². The van der Waals surface area contributed by atoms with E-state index in [1.807, 2.05) is 56.3 Å². The smallest absolute Gasteiger partial charge is 0.355 e. The van der Waals surface area contributed by atoms with E-state index in [2.05, 4.69) is 9.97 Å². The van der Waals surface area contributed by atoms with Crippen LogP contribution in [0.1, 0.15) is 34.2 Å². The zero-order valence-corrected chi connectivity index (χ0v) is 17.7. The summed E-state index contributed by atoms with van der Waals surface area (Å²) in [7, 11) is 0. The molecule has 4 aromatic rings. The first-order valence-corrected chi connectivity index (χ1v) is 10.4. The number of fused-ring (bicyclic) bond motifs is 1. The molecule has 0 aliphatic carbocycles. The van der Waals surface area contributed by atoms with E-state index in [0.29, 0.717) is 16.5 Å². The molecule has 2 heterocycles. The molecule has 4 rings (SSSR count). The maximum Gasteiger partial charge on any atom is 0.355 e. The zero-order chi connectivity index (χ0) is 21.3. The minimum atomic E-state index is -0.446. The average molecular weight is 420 g/mol. The van der Waals surface area contributed by atoms with Gasteiger partial charge in [0.15, 0.2) is 5.13 Å². The molecular weight excluding hydrogens is 398 g/mol. The lowest BCUT2D eigenvalue weighted by Gasteiger charge is -2.19. The Hall–Kier alpha value is -3.45. The van der Waals surface area contributed by atoms with Crippen molar-refractivity contribution in [2.75, 3.05) is 4.90 Å². The van der Waals surface area contributed by atoms with Gasteiger partial charge in [0.1, 0.15) is 12.3 Å². The van der Waals surface area contributed by atoms with Crippen molar-refractivity contribution in [3.8, 4) is 0 Å². The van der Waals surface area contributed by atoms with Gasteiger partial charge in [0, 0.05) is 23.2 Å². The number of anilines is 2. The number of esters is 1. The maximum absolute atomic E-state index is 12.4. The molecule has 1 amide bonds. The Balaban J connectivity index is 1.49. The van der Waals surface area contributed by atoms with E-state index in [0.717, 1.165) is 27.7 Å². The summed E-state index contributed by atoms with van der Waals surface area (Å²) in [5.74, 6) is -0.576. The molecule has 2 aromatic carbocycles. The van der Waals surface area contributed by atoms with Crippen LogP contribution in [0.25, 0.3) is 10.9 Å². The van der Waals surface area contributed by atoms with E-state index in [9.17, 15) is 9.59 Å². The van der Waals surface area contributed by atoms with Gasteiger partial charge in [-0.3, -0.25) is 9.69 Å². The number of nitrogens with one attached hydrogen (secondary N) is 1. The van der Waals surface area contributed by atoms with Crippen LogP contribution in [0.15, 0.2) is 53.9 Å². The lowest BCUT2D eigenvalue weighted by molar-refractivity contribution is -0.115. The Labute approximate surface area is 178 Å². The molecule has 2 aromatic heterocycles. The van der Waals surface area contributed by atoms with E-state index < -0.39 is 5.97 Å². The molecular formula is C23H21N3O3S. The summed E-state index contributed by atoms with van der Waals surface area (Å²) >= 11 is 1.34. The van der Waals surface area contributed by atoms with Crippen molar-refractivity contribution >= 4 is 44.9 Å². The van der Waals surface area contributed by atoms with Crippen LogP contribution >= 0.6 is 11.3 Å². The van der Waals surface area contributed by atoms with Gasteiger partial charge in [0.05, 0.1) is 11.4 Å². The van der Waals surface area contributed by atoms with E-state index in [1.54, 1.807) is 16.3 Å². The third-order valence-corrected chi connectivity index (χ3v) is 5.77. The Morgan fingerprint density at radius 3 is 2.63 bits per heavy atom. The Kier molecular flexibility index (Phi) is 5.37. The fourth-order valence-electron chi connectivity index (χ4n) is 3.16. The zero-order valence-electron chi connectivity index (χ0n) is 16.9. The molecule has 0 aliphatic rings. The van der Waals surface area contributed by atoms with Crippen LogP contribution in [-0.2, 0) is 16.1 Å². The van der Waals surface area contributed by atoms with Gasteiger partial charge in [0.2, 0.25) is 5.91 Å². The van der Waals surface area contributed by atoms with Gasteiger partial charge in [0.25, 0.3) is 0 Å². The lowest BCUT2D eigenvalue weighted by Crippen LogP contribution is -2.22. The number of carbonyl (C=O) groups excluding carboxylic acids is 2. The highest BCUT2D eigenvalue weighted by atomic mass is 32.1. The number of benzene rings is 2. The van der Waals surface area contributed by atoms with Gasteiger partial charge in [-0.2, -0.15) is 0 Å². The summed E-state index contributed by atoms with van der Waals surface area (Å²) in [5, 5.41) is 3.29. The molecule has 1 N–H and O–H groups in total. The molecule has 0 bridgehead atoms. The van der Waals surface area contributed by atoms with E-state index in [4.69, 9.17) is 4.74 Å². The maximum atomic E-state index is 12.4. The first-order chi connectivity index (χ1) is 14.4. The number of ether oxygens (including phenoxy) is 1. The number of rotatable bonds is 5. The molecule has 0 fully saturated rings. The predicted molar refractivity (Wildman–Crippen MR) is 118 cm³/mol. The predicted octanol–water partition coefficient (Wildman–Crippen LogP) is 5.28. The number of aromatic nitrogens is 2. The van der Waals surface area contributed by atoms with Gasteiger partial charge >= 0.3 is 5.97 Å². The summed E-state index contributed by atoms with van der Waals surface area (Å²) in [6.45, 7) is 5.57. The van der Waals surface area contributed by atoms with Crippen LogP contribution in [0.3, 0.4) is 0 Å². The fraction of sp³-hybridized carbons (Fsp3) is 0.174. The molecule has 7 heteroatoms. The molecule has 0 saturated heterocycles. The molecule has 0 radical (unpaired) electrons. The average Bonchev–Trinajstić information content (AvgIpc) is 3.36. The molecule has 0 atom stereocenters. The van der Waals surface area contributed by atoms with Crippen molar-refractivity contribution in [3.05, 3.63) is 76.4 Å². The van der Waals surface area contributed by atoms with E-state index >= 15 is 0 Å². The van der Waals surface area contributed by atoms with Crippen molar-refractivity contribution in [1.82, 2.24) is 9.97 Å². The fourth-order valence-corrected chi connectivity index (χ4v) is 4.03. The van der Waals surface area contributed by atoms with Crippen LogP contribution in [0, 0.1) is 13.8 Å². The largest absolute Gasteiger partial charge is 0.454 e. The van der Waals surface area contributed by atoms with Crippen molar-refractivity contribution in [1.29, 1.82) is 0 Å². The quantitative estimate of drug-likeness (QED) is 0.447. The third kappa shape index (κ3) is 3.97. The number of amides is 1.